The minimum absolute atomic E-state index is 0.0102. The number of rotatable bonds is 9. The molecule has 0 saturated heterocycles. The molecule has 1 fully saturated rings. The lowest BCUT2D eigenvalue weighted by molar-refractivity contribution is -0.139. The van der Waals surface area contributed by atoms with Gasteiger partial charge in [0.2, 0.25) is 10.0 Å². The molecule has 2 N–H and O–H groups in total. The molecule has 1 rings (SSSR count). The van der Waals surface area contributed by atoms with E-state index < -0.39 is 40.8 Å². The normalized spacial score (nSPS) is 22.6. The van der Waals surface area contributed by atoms with E-state index in [-0.39, 0.29) is 18.6 Å². The van der Waals surface area contributed by atoms with Gasteiger partial charge in [0, 0.05) is 18.5 Å². The quantitative estimate of drug-likeness (QED) is 0.655. The molecule has 0 atom stereocenters. The van der Waals surface area contributed by atoms with Crippen LogP contribution in [0, 0.1) is 0 Å². The molecule has 10 heteroatoms. The summed E-state index contributed by atoms with van der Waals surface area (Å²) in [7, 11) is -3.73. The summed E-state index contributed by atoms with van der Waals surface area (Å²) < 4.78 is 61.6. The molecular weight excluding hydrogens is 325 g/mol. The Labute approximate surface area is 127 Å². The number of carbonyl (C=O) groups is 1. The molecule has 0 amide bonds. The number of carboxylic acid groups (broad SMARTS) is 1. The number of aliphatic carboxylic acids is 1. The molecule has 0 unspecified atom stereocenters. The van der Waals surface area contributed by atoms with Gasteiger partial charge in [-0.25, -0.2) is 13.1 Å². The highest BCUT2D eigenvalue weighted by atomic mass is 32.2. The summed E-state index contributed by atoms with van der Waals surface area (Å²) >= 11 is 0. The van der Waals surface area contributed by atoms with Gasteiger partial charge in [0.25, 0.3) is 0 Å². The Balaban J connectivity index is 2.33. The zero-order chi connectivity index (χ0) is 17.0. The second kappa shape index (κ2) is 7.60. The van der Waals surface area contributed by atoms with Crippen LogP contribution in [0.2, 0.25) is 0 Å². The Kier molecular flexibility index (Phi) is 6.63. The van der Waals surface area contributed by atoms with Crippen LogP contribution in [-0.2, 0) is 14.8 Å². The van der Waals surface area contributed by atoms with Crippen LogP contribution in [0.5, 0.6) is 0 Å². The SMILES string of the molecule is CCN(CC(=O)O)C1CC(NS(=O)(=O)CCCC(F)(F)F)C1. The van der Waals surface area contributed by atoms with Gasteiger partial charge in [-0.3, -0.25) is 9.69 Å². The van der Waals surface area contributed by atoms with Gasteiger partial charge in [0.15, 0.2) is 0 Å². The monoisotopic (exact) mass is 346 g/mol. The van der Waals surface area contributed by atoms with Gasteiger partial charge in [-0.2, -0.15) is 13.2 Å². The lowest BCUT2D eigenvalue weighted by Crippen LogP contribution is -2.55. The van der Waals surface area contributed by atoms with Crippen LogP contribution in [0.1, 0.15) is 32.6 Å². The molecule has 1 aliphatic carbocycles. The molecule has 0 bridgehead atoms. The van der Waals surface area contributed by atoms with Crippen LogP contribution in [0.15, 0.2) is 0 Å². The van der Waals surface area contributed by atoms with Crippen molar-refractivity contribution in [1.82, 2.24) is 9.62 Å². The average Bonchev–Trinajstić information content (AvgIpc) is 2.28. The largest absolute Gasteiger partial charge is 0.480 e. The lowest BCUT2D eigenvalue weighted by atomic mass is 9.86. The second-order valence-electron chi connectivity index (χ2n) is 5.43. The van der Waals surface area contributed by atoms with E-state index in [9.17, 15) is 26.4 Å². The van der Waals surface area contributed by atoms with E-state index in [0.717, 1.165) is 0 Å². The van der Waals surface area contributed by atoms with E-state index in [1.165, 1.54) is 0 Å². The van der Waals surface area contributed by atoms with Crippen molar-refractivity contribution in [1.29, 1.82) is 0 Å². The topological polar surface area (TPSA) is 86.7 Å². The number of carboxylic acids is 1. The number of nitrogens with zero attached hydrogens (tertiary/aromatic N) is 1. The smallest absolute Gasteiger partial charge is 0.389 e. The first kappa shape index (κ1) is 19.2. The molecule has 0 spiro atoms. The minimum Gasteiger partial charge on any atom is -0.480 e. The maximum atomic E-state index is 12.0. The van der Waals surface area contributed by atoms with Crippen molar-refractivity contribution in [2.75, 3.05) is 18.8 Å². The first-order valence-corrected chi connectivity index (χ1v) is 8.70. The van der Waals surface area contributed by atoms with Crippen molar-refractivity contribution in [3.05, 3.63) is 0 Å². The molecule has 0 aromatic heterocycles. The second-order valence-corrected chi connectivity index (χ2v) is 7.31. The van der Waals surface area contributed by atoms with Crippen LogP contribution in [0.4, 0.5) is 13.2 Å². The van der Waals surface area contributed by atoms with Crippen LogP contribution < -0.4 is 4.72 Å². The number of alkyl halides is 3. The third-order valence-corrected chi connectivity index (χ3v) is 5.11. The summed E-state index contributed by atoms with van der Waals surface area (Å²) in [4.78, 5) is 12.4. The van der Waals surface area contributed by atoms with Gasteiger partial charge < -0.3 is 5.11 Å². The van der Waals surface area contributed by atoms with Crippen LogP contribution in [0.25, 0.3) is 0 Å². The summed E-state index contributed by atoms with van der Waals surface area (Å²) in [5.41, 5.74) is 0. The van der Waals surface area contributed by atoms with Crippen molar-refractivity contribution < 1.29 is 31.5 Å². The minimum atomic E-state index is -4.35. The van der Waals surface area contributed by atoms with Crippen molar-refractivity contribution in [2.24, 2.45) is 0 Å². The number of hydrogen-bond acceptors (Lipinski definition) is 4. The number of nitrogens with one attached hydrogen (secondary N) is 1. The first-order valence-electron chi connectivity index (χ1n) is 7.05. The zero-order valence-electron chi connectivity index (χ0n) is 12.3. The van der Waals surface area contributed by atoms with E-state index in [4.69, 9.17) is 5.11 Å². The third-order valence-electron chi connectivity index (χ3n) is 3.59. The zero-order valence-corrected chi connectivity index (χ0v) is 13.1. The predicted molar refractivity (Wildman–Crippen MR) is 73.9 cm³/mol. The Morgan fingerprint density at radius 1 is 1.36 bits per heavy atom. The van der Waals surface area contributed by atoms with Crippen LogP contribution in [-0.4, -0.2) is 61.5 Å². The van der Waals surface area contributed by atoms with Gasteiger partial charge in [0.05, 0.1) is 12.3 Å². The predicted octanol–water partition coefficient (Wildman–Crippen LogP) is 1.19. The van der Waals surface area contributed by atoms with Crippen LogP contribution in [0.3, 0.4) is 0 Å². The van der Waals surface area contributed by atoms with Crippen molar-refractivity contribution >= 4 is 16.0 Å². The molecule has 0 aromatic carbocycles. The van der Waals surface area contributed by atoms with Crippen molar-refractivity contribution in [2.45, 2.75) is 50.9 Å². The highest BCUT2D eigenvalue weighted by molar-refractivity contribution is 7.89. The van der Waals surface area contributed by atoms with Crippen molar-refractivity contribution in [3.8, 4) is 0 Å². The van der Waals surface area contributed by atoms with Gasteiger partial charge in [-0.15, -0.1) is 0 Å². The van der Waals surface area contributed by atoms with Gasteiger partial charge in [-0.1, -0.05) is 6.92 Å². The average molecular weight is 346 g/mol. The molecule has 22 heavy (non-hydrogen) atoms. The number of likely N-dealkylation sites (N-methyl/N-ethyl adjacent to an activating group) is 1. The Morgan fingerprint density at radius 3 is 2.41 bits per heavy atom. The fraction of sp³-hybridized carbons (Fsp3) is 0.917. The Bertz CT molecular complexity index is 475. The standard InChI is InChI=1S/C12H21F3N2O4S/c1-2-17(8-11(18)19)10-6-9(7-10)16-22(20,21)5-3-4-12(13,14)15/h9-10,16H,2-8H2,1H3,(H,18,19). The Morgan fingerprint density at radius 2 is 1.95 bits per heavy atom. The maximum absolute atomic E-state index is 12.0. The molecule has 1 saturated carbocycles. The lowest BCUT2D eigenvalue weighted by Gasteiger charge is -2.42. The van der Waals surface area contributed by atoms with E-state index >= 15 is 0 Å². The molecule has 130 valence electrons. The summed E-state index contributed by atoms with van der Waals surface area (Å²) in [5, 5.41) is 8.75. The summed E-state index contributed by atoms with van der Waals surface area (Å²) in [6, 6.07) is -0.340. The fourth-order valence-electron chi connectivity index (χ4n) is 2.43. The molecule has 0 aromatic rings. The third kappa shape index (κ3) is 6.93. The summed E-state index contributed by atoms with van der Waals surface area (Å²) in [6.07, 6.45) is -4.99. The van der Waals surface area contributed by atoms with Gasteiger partial charge in [0.1, 0.15) is 0 Å². The number of hydrogen-bond donors (Lipinski definition) is 2. The Hall–Kier alpha value is -0.870. The molecule has 6 nitrogen and oxygen atoms in total. The molecule has 1 aliphatic rings. The highest BCUT2D eigenvalue weighted by Gasteiger charge is 2.36. The molecule has 0 radical (unpaired) electrons. The maximum Gasteiger partial charge on any atom is 0.389 e. The highest BCUT2D eigenvalue weighted by Crippen LogP contribution is 2.26. The summed E-state index contributed by atoms with van der Waals surface area (Å²) in [5.74, 6) is -1.50. The van der Waals surface area contributed by atoms with E-state index in [0.29, 0.717) is 19.4 Å². The number of sulfonamides is 1. The number of halogens is 3. The fourth-order valence-corrected chi connectivity index (χ4v) is 3.77. The van der Waals surface area contributed by atoms with Crippen LogP contribution >= 0.6 is 0 Å². The summed E-state index contributed by atoms with van der Waals surface area (Å²) in [6.45, 7) is 2.26. The van der Waals surface area contributed by atoms with E-state index in [2.05, 4.69) is 4.72 Å². The molecule has 0 aliphatic heterocycles. The molecule has 0 heterocycles. The molecular formula is C12H21F3N2O4S. The van der Waals surface area contributed by atoms with E-state index in [1.54, 1.807) is 4.90 Å². The van der Waals surface area contributed by atoms with E-state index in [1.807, 2.05) is 6.92 Å². The first-order chi connectivity index (χ1) is 10.0. The van der Waals surface area contributed by atoms with Crippen molar-refractivity contribution in [3.63, 3.8) is 0 Å². The van der Waals surface area contributed by atoms with Gasteiger partial charge in [-0.05, 0) is 25.8 Å². The van der Waals surface area contributed by atoms with Gasteiger partial charge >= 0.3 is 12.1 Å².